The van der Waals surface area contributed by atoms with Gasteiger partial charge < -0.3 is 20.6 Å². The molecular weight excluding hydrogens is 262 g/mol. The second kappa shape index (κ2) is 4.64. The van der Waals surface area contributed by atoms with Gasteiger partial charge in [0.05, 0.1) is 5.92 Å². The van der Waals surface area contributed by atoms with Gasteiger partial charge in [-0.15, -0.1) is 0 Å². The molecule has 3 aliphatic rings. The van der Waals surface area contributed by atoms with E-state index in [0.717, 1.165) is 19.3 Å². The first kappa shape index (κ1) is 13.2. The molecule has 0 spiro atoms. The summed E-state index contributed by atoms with van der Waals surface area (Å²) in [7, 11) is 0. The Bertz CT molecular complexity index is 467. The van der Waals surface area contributed by atoms with Crippen LogP contribution in [0.3, 0.4) is 0 Å². The number of likely N-dealkylation sites (tertiary alicyclic amines) is 1. The van der Waals surface area contributed by atoms with Gasteiger partial charge in [-0.3, -0.25) is 9.59 Å². The Kier molecular flexibility index (Phi) is 3.07. The standard InChI is InChI=1S/C13H19N3O4/c14-11(17)10-2-1-5-15(10)13(20)16-7-3-4-9(16)8(6-7)12(18)19/h7-10H,1-6H2,(H2,14,17)(H,18,19). The zero-order valence-electron chi connectivity index (χ0n) is 11.2. The molecule has 2 bridgehead atoms. The molecule has 3 N–H and O–H groups in total. The van der Waals surface area contributed by atoms with E-state index < -0.39 is 23.8 Å². The molecule has 3 heterocycles. The third-order valence-corrected chi connectivity index (χ3v) is 4.90. The maximum Gasteiger partial charge on any atom is 0.321 e. The highest BCUT2D eigenvalue weighted by Crippen LogP contribution is 2.42. The van der Waals surface area contributed by atoms with Crippen molar-refractivity contribution in [1.29, 1.82) is 0 Å². The largest absolute Gasteiger partial charge is 0.481 e. The number of carboxylic acid groups (broad SMARTS) is 1. The Morgan fingerprint density at radius 1 is 1.15 bits per heavy atom. The third kappa shape index (κ3) is 1.83. The maximum atomic E-state index is 12.6. The molecule has 3 saturated heterocycles. The number of fused-ring (bicyclic) bond motifs is 2. The molecule has 7 heteroatoms. The molecule has 20 heavy (non-hydrogen) atoms. The van der Waals surface area contributed by atoms with Gasteiger partial charge in [-0.1, -0.05) is 0 Å². The highest BCUT2D eigenvalue weighted by Gasteiger charge is 2.53. The van der Waals surface area contributed by atoms with Crippen molar-refractivity contribution in [3.63, 3.8) is 0 Å². The van der Waals surface area contributed by atoms with Crippen LogP contribution < -0.4 is 5.73 Å². The molecule has 3 rings (SSSR count). The van der Waals surface area contributed by atoms with E-state index in [9.17, 15) is 19.5 Å². The molecule has 3 fully saturated rings. The predicted octanol–water partition coefficient (Wildman–Crippen LogP) is -0.00640. The van der Waals surface area contributed by atoms with Crippen molar-refractivity contribution < 1.29 is 19.5 Å². The lowest BCUT2D eigenvalue weighted by atomic mass is 9.89. The number of amides is 3. The number of aliphatic carboxylic acids is 1. The molecule has 3 amide bonds. The number of urea groups is 1. The average Bonchev–Trinajstić information content (AvgIpc) is 3.11. The van der Waals surface area contributed by atoms with Crippen molar-refractivity contribution in [2.45, 2.75) is 50.2 Å². The molecule has 0 aromatic carbocycles. The summed E-state index contributed by atoms with van der Waals surface area (Å²) in [6.07, 6.45) is 3.50. The van der Waals surface area contributed by atoms with Gasteiger partial charge in [-0.25, -0.2) is 4.79 Å². The molecule has 0 aromatic heterocycles. The molecule has 7 nitrogen and oxygen atoms in total. The normalized spacial score (nSPS) is 35.6. The molecule has 110 valence electrons. The van der Waals surface area contributed by atoms with Crippen molar-refractivity contribution in [1.82, 2.24) is 9.80 Å². The maximum absolute atomic E-state index is 12.6. The molecule has 3 aliphatic heterocycles. The summed E-state index contributed by atoms with van der Waals surface area (Å²) >= 11 is 0. The van der Waals surface area contributed by atoms with Crippen LogP contribution in [0.5, 0.6) is 0 Å². The van der Waals surface area contributed by atoms with Crippen LogP contribution in [0.2, 0.25) is 0 Å². The molecule has 4 unspecified atom stereocenters. The smallest absolute Gasteiger partial charge is 0.321 e. The van der Waals surface area contributed by atoms with Crippen molar-refractivity contribution in [2.24, 2.45) is 11.7 Å². The Hall–Kier alpha value is -1.79. The van der Waals surface area contributed by atoms with Crippen LogP contribution in [0, 0.1) is 5.92 Å². The van der Waals surface area contributed by atoms with E-state index >= 15 is 0 Å². The van der Waals surface area contributed by atoms with E-state index in [1.165, 1.54) is 4.90 Å². The van der Waals surface area contributed by atoms with Gasteiger partial charge in [0.25, 0.3) is 0 Å². The van der Waals surface area contributed by atoms with Crippen LogP contribution in [0.1, 0.15) is 32.1 Å². The van der Waals surface area contributed by atoms with E-state index in [1.54, 1.807) is 4.90 Å². The van der Waals surface area contributed by atoms with Crippen LogP contribution in [0.4, 0.5) is 4.79 Å². The van der Waals surface area contributed by atoms with Crippen LogP contribution in [0.25, 0.3) is 0 Å². The van der Waals surface area contributed by atoms with Gasteiger partial charge in [0.15, 0.2) is 0 Å². The first-order chi connectivity index (χ1) is 9.50. The highest BCUT2D eigenvalue weighted by atomic mass is 16.4. The summed E-state index contributed by atoms with van der Waals surface area (Å²) in [4.78, 5) is 38.5. The van der Waals surface area contributed by atoms with Crippen LogP contribution in [-0.4, -0.2) is 57.5 Å². The number of hydrogen-bond acceptors (Lipinski definition) is 3. The topological polar surface area (TPSA) is 104 Å². The fourth-order valence-corrected chi connectivity index (χ4v) is 3.99. The van der Waals surface area contributed by atoms with Crippen molar-refractivity contribution in [3.05, 3.63) is 0 Å². The minimum atomic E-state index is -0.831. The zero-order valence-corrected chi connectivity index (χ0v) is 11.2. The Balaban J connectivity index is 1.78. The summed E-state index contributed by atoms with van der Waals surface area (Å²) in [5.74, 6) is -1.77. The number of nitrogens with zero attached hydrogens (tertiary/aromatic N) is 2. The van der Waals surface area contributed by atoms with Crippen molar-refractivity contribution in [2.75, 3.05) is 6.54 Å². The lowest BCUT2D eigenvalue weighted by Crippen LogP contribution is -2.51. The van der Waals surface area contributed by atoms with E-state index in [-0.39, 0.29) is 18.1 Å². The number of carbonyl (C=O) groups is 3. The molecule has 0 radical (unpaired) electrons. The first-order valence-electron chi connectivity index (χ1n) is 7.11. The quantitative estimate of drug-likeness (QED) is 0.743. The fraction of sp³-hybridized carbons (Fsp3) is 0.769. The van der Waals surface area contributed by atoms with Gasteiger partial charge in [0.2, 0.25) is 5.91 Å². The number of nitrogens with two attached hydrogens (primary N) is 1. The van der Waals surface area contributed by atoms with E-state index in [2.05, 4.69) is 0 Å². The predicted molar refractivity (Wildman–Crippen MR) is 68.7 cm³/mol. The number of hydrogen-bond donors (Lipinski definition) is 2. The van der Waals surface area contributed by atoms with Gasteiger partial charge in [0, 0.05) is 18.6 Å². The summed E-state index contributed by atoms with van der Waals surface area (Å²) in [5, 5.41) is 9.21. The Morgan fingerprint density at radius 3 is 2.50 bits per heavy atom. The van der Waals surface area contributed by atoms with E-state index in [4.69, 9.17) is 5.73 Å². The molecule has 0 aliphatic carbocycles. The lowest BCUT2D eigenvalue weighted by molar-refractivity contribution is -0.142. The van der Waals surface area contributed by atoms with Gasteiger partial charge in [-0.2, -0.15) is 0 Å². The Morgan fingerprint density at radius 2 is 1.90 bits per heavy atom. The molecule has 0 aromatic rings. The number of carbonyl (C=O) groups excluding carboxylic acids is 2. The summed E-state index contributed by atoms with van der Waals surface area (Å²) in [6, 6.07) is -0.963. The zero-order chi connectivity index (χ0) is 14.4. The summed E-state index contributed by atoms with van der Waals surface area (Å²) < 4.78 is 0. The van der Waals surface area contributed by atoms with Crippen LogP contribution >= 0.6 is 0 Å². The Labute approximate surface area is 116 Å². The van der Waals surface area contributed by atoms with Crippen LogP contribution in [0.15, 0.2) is 0 Å². The number of rotatable bonds is 2. The monoisotopic (exact) mass is 281 g/mol. The van der Waals surface area contributed by atoms with E-state index in [0.29, 0.717) is 19.4 Å². The number of primary amides is 1. The van der Waals surface area contributed by atoms with Gasteiger partial charge in [0.1, 0.15) is 6.04 Å². The fourth-order valence-electron chi connectivity index (χ4n) is 3.99. The first-order valence-corrected chi connectivity index (χ1v) is 7.11. The van der Waals surface area contributed by atoms with Crippen LogP contribution in [-0.2, 0) is 9.59 Å². The molecular formula is C13H19N3O4. The highest BCUT2D eigenvalue weighted by molar-refractivity contribution is 5.87. The summed E-state index contributed by atoms with van der Waals surface area (Å²) in [5.41, 5.74) is 5.34. The second-order valence-corrected chi connectivity index (χ2v) is 5.92. The van der Waals surface area contributed by atoms with E-state index in [1.807, 2.05) is 0 Å². The van der Waals surface area contributed by atoms with Gasteiger partial charge in [-0.05, 0) is 32.1 Å². The lowest BCUT2D eigenvalue weighted by Gasteiger charge is -2.31. The molecule has 4 atom stereocenters. The second-order valence-electron chi connectivity index (χ2n) is 5.92. The average molecular weight is 281 g/mol. The third-order valence-electron chi connectivity index (χ3n) is 4.90. The van der Waals surface area contributed by atoms with Crippen molar-refractivity contribution >= 4 is 17.9 Å². The minimum absolute atomic E-state index is 0.00252. The van der Waals surface area contributed by atoms with Crippen molar-refractivity contribution in [3.8, 4) is 0 Å². The van der Waals surface area contributed by atoms with Gasteiger partial charge >= 0.3 is 12.0 Å². The SMILES string of the molecule is NC(=O)C1CCCN1C(=O)N1C2CCC1C(C(=O)O)C2. The summed E-state index contributed by atoms with van der Waals surface area (Å²) in [6.45, 7) is 0.528. The number of carboxylic acids is 1. The minimum Gasteiger partial charge on any atom is -0.481 e. The molecule has 0 saturated carbocycles.